The molecule has 0 unspecified atom stereocenters. The lowest BCUT2D eigenvalue weighted by Gasteiger charge is -2.12. The first-order chi connectivity index (χ1) is 12.4. The van der Waals surface area contributed by atoms with Crippen LogP contribution in [0.3, 0.4) is 0 Å². The van der Waals surface area contributed by atoms with Crippen molar-refractivity contribution in [2.75, 3.05) is 11.5 Å². The second-order valence-electron chi connectivity index (χ2n) is 5.73. The average molecular weight is 351 g/mol. The molecule has 3 rings (SSSR count). The molecule has 0 aliphatic carbocycles. The van der Waals surface area contributed by atoms with Crippen molar-refractivity contribution in [2.45, 2.75) is 13.8 Å². The van der Waals surface area contributed by atoms with Crippen LogP contribution in [0.25, 0.3) is 11.6 Å². The molecule has 2 aromatic rings. The van der Waals surface area contributed by atoms with E-state index in [9.17, 15) is 19.5 Å². The summed E-state index contributed by atoms with van der Waals surface area (Å²) in [4.78, 5) is 37.0. The first-order valence-electron chi connectivity index (χ1n) is 8.10. The van der Waals surface area contributed by atoms with Crippen LogP contribution in [0, 0.1) is 0 Å². The fourth-order valence-electron chi connectivity index (χ4n) is 2.92. The Labute approximate surface area is 150 Å². The molecule has 2 aromatic carbocycles. The number of rotatable bonds is 4. The SMILES string of the molecule is CCOc1ccccc1C=C1C(=O)N(C(C)=O)c2cc(C(=O)O)ccc21. The van der Waals surface area contributed by atoms with Crippen LogP contribution in [0.1, 0.15) is 35.3 Å². The van der Waals surface area contributed by atoms with Gasteiger partial charge in [0.25, 0.3) is 5.91 Å². The quantitative estimate of drug-likeness (QED) is 0.855. The van der Waals surface area contributed by atoms with E-state index in [4.69, 9.17) is 4.74 Å². The highest BCUT2D eigenvalue weighted by atomic mass is 16.5. The standard InChI is InChI=1S/C20H17NO5/c1-3-26-18-7-5-4-6-13(18)10-16-15-9-8-14(20(24)25)11-17(15)21(12(2)22)19(16)23/h4-11H,3H2,1-2H3,(H,24,25). The molecular formula is C20H17NO5. The van der Waals surface area contributed by atoms with Crippen LogP contribution in [-0.2, 0) is 9.59 Å². The van der Waals surface area contributed by atoms with Crippen LogP contribution >= 0.6 is 0 Å². The number of carboxylic acids is 1. The highest BCUT2D eigenvalue weighted by molar-refractivity contribution is 6.42. The Morgan fingerprint density at radius 3 is 2.58 bits per heavy atom. The molecule has 6 heteroatoms. The molecule has 0 saturated carbocycles. The molecule has 0 saturated heterocycles. The molecule has 0 atom stereocenters. The first kappa shape index (κ1) is 17.4. The van der Waals surface area contributed by atoms with E-state index in [0.29, 0.717) is 29.1 Å². The maximum absolute atomic E-state index is 12.8. The first-order valence-corrected chi connectivity index (χ1v) is 8.10. The summed E-state index contributed by atoms with van der Waals surface area (Å²) in [5, 5.41) is 9.18. The van der Waals surface area contributed by atoms with Crippen molar-refractivity contribution < 1.29 is 24.2 Å². The molecule has 1 aliphatic rings. The maximum Gasteiger partial charge on any atom is 0.335 e. The normalized spacial score (nSPS) is 14.5. The van der Waals surface area contributed by atoms with Gasteiger partial charge >= 0.3 is 5.97 Å². The third-order valence-corrected chi connectivity index (χ3v) is 4.04. The molecule has 0 spiro atoms. The van der Waals surface area contributed by atoms with Gasteiger partial charge in [-0.05, 0) is 31.2 Å². The number of carbonyl (C=O) groups excluding carboxylic acids is 2. The molecule has 1 heterocycles. The number of aromatic carboxylic acids is 1. The van der Waals surface area contributed by atoms with Crippen molar-refractivity contribution in [1.82, 2.24) is 0 Å². The summed E-state index contributed by atoms with van der Waals surface area (Å²) in [5.41, 5.74) is 1.83. The van der Waals surface area contributed by atoms with Crippen LogP contribution in [0.2, 0.25) is 0 Å². The van der Waals surface area contributed by atoms with Crippen molar-refractivity contribution in [3.05, 3.63) is 59.2 Å². The van der Waals surface area contributed by atoms with Gasteiger partial charge in [-0.1, -0.05) is 24.3 Å². The zero-order valence-corrected chi connectivity index (χ0v) is 14.4. The van der Waals surface area contributed by atoms with Crippen molar-refractivity contribution in [2.24, 2.45) is 0 Å². The van der Waals surface area contributed by atoms with Crippen molar-refractivity contribution >= 4 is 35.1 Å². The molecular weight excluding hydrogens is 334 g/mol. The van der Waals surface area contributed by atoms with Gasteiger partial charge in [0.15, 0.2) is 0 Å². The smallest absolute Gasteiger partial charge is 0.335 e. The predicted octanol–water partition coefficient (Wildman–Crippen LogP) is 3.22. The third kappa shape index (κ3) is 2.97. The minimum Gasteiger partial charge on any atom is -0.493 e. The zero-order valence-electron chi connectivity index (χ0n) is 14.4. The lowest BCUT2D eigenvalue weighted by atomic mass is 10.0. The Bertz CT molecular complexity index is 945. The van der Waals surface area contributed by atoms with E-state index >= 15 is 0 Å². The number of anilines is 1. The molecule has 1 aliphatic heterocycles. The maximum atomic E-state index is 12.8. The molecule has 0 radical (unpaired) electrons. The summed E-state index contributed by atoms with van der Waals surface area (Å²) in [5.74, 6) is -1.45. The summed E-state index contributed by atoms with van der Waals surface area (Å²) < 4.78 is 5.58. The predicted molar refractivity (Wildman–Crippen MR) is 97.1 cm³/mol. The number of benzene rings is 2. The number of imide groups is 1. The Morgan fingerprint density at radius 1 is 1.19 bits per heavy atom. The van der Waals surface area contributed by atoms with Crippen LogP contribution in [0.15, 0.2) is 42.5 Å². The second-order valence-corrected chi connectivity index (χ2v) is 5.73. The van der Waals surface area contributed by atoms with Gasteiger partial charge in [-0.2, -0.15) is 0 Å². The Kier molecular flexibility index (Phi) is 4.58. The van der Waals surface area contributed by atoms with E-state index in [1.165, 1.54) is 19.1 Å². The largest absolute Gasteiger partial charge is 0.493 e. The molecule has 1 N–H and O–H groups in total. The van der Waals surface area contributed by atoms with Gasteiger partial charge in [0, 0.05) is 18.1 Å². The van der Waals surface area contributed by atoms with Crippen LogP contribution in [0.4, 0.5) is 5.69 Å². The van der Waals surface area contributed by atoms with E-state index in [1.807, 2.05) is 25.1 Å². The fourth-order valence-corrected chi connectivity index (χ4v) is 2.92. The molecule has 0 bridgehead atoms. The summed E-state index contributed by atoms with van der Waals surface area (Å²) in [6.45, 7) is 3.61. The zero-order chi connectivity index (χ0) is 18.8. The van der Waals surface area contributed by atoms with Gasteiger partial charge in [0.05, 0.1) is 23.4 Å². The highest BCUT2D eigenvalue weighted by Crippen LogP contribution is 2.39. The number of carboxylic acid groups (broad SMARTS) is 1. The van der Waals surface area contributed by atoms with E-state index in [0.717, 1.165) is 4.90 Å². The van der Waals surface area contributed by atoms with Crippen molar-refractivity contribution in [1.29, 1.82) is 0 Å². The second kappa shape index (κ2) is 6.84. The monoisotopic (exact) mass is 351 g/mol. The van der Waals surface area contributed by atoms with E-state index in [2.05, 4.69) is 0 Å². The summed E-state index contributed by atoms with van der Waals surface area (Å²) in [6, 6.07) is 11.6. The number of nitrogens with zero attached hydrogens (tertiary/aromatic N) is 1. The van der Waals surface area contributed by atoms with Gasteiger partial charge in [-0.25, -0.2) is 9.69 Å². The van der Waals surface area contributed by atoms with Crippen LogP contribution in [-0.4, -0.2) is 29.5 Å². The van der Waals surface area contributed by atoms with Crippen LogP contribution < -0.4 is 9.64 Å². The van der Waals surface area contributed by atoms with E-state index in [-0.39, 0.29) is 11.3 Å². The molecule has 0 fully saturated rings. The number of para-hydroxylation sites is 1. The van der Waals surface area contributed by atoms with Crippen molar-refractivity contribution in [3.8, 4) is 5.75 Å². The summed E-state index contributed by atoms with van der Waals surface area (Å²) in [6.07, 6.45) is 1.66. The van der Waals surface area contributed by atoms with Gasteiger partial charge in [-0.15, -0.1) is 0 Å². The Hall–Kier alpha value is -3.41. The minimum absolute atomic E-state index is 0.0127. The van der Waals surface area contributed by atoms with Gasteiger partial charge in [-0.3, -0.25) is 9.59 Å². The number of hydrogen-bond donors (Lipinski definition) is 1. The van der Waals surface area contributed by atoms with Gasteiger partial charge < -0.3 is 9.84 Å². The lowest BCUT2D eigenvalue weighted by molar-refractivity contribution is -0.122. The number of carbonyl (C=O) groups is 3. The molecule has 0 aromatic heterocycles. The van der Waals surface area contributed by atoms with Crippen LogP contribution in [0.5, 0.6) is 5.75 Å². The van der Waals surface area contributed by atoms with Gasteiger partial charge in [0.1, 0.15) is 5.75 Å². The Balaban J connectivity index is 2.17. The summed E-state index contributed by atoms with van der Waals surface area (Å²) in [7, 11) is 0. The van der Waals surface area contributed by atoms with E-state index < -0.39 is 17.8 Å². The topological polar surface area (TPSA) is 83.9 Å². The van der Waals surface area contributed by atoms with E-state index in [1.54, 1.807) is 18.2 Å². The number of amides is 2. The Morgan fingerprint density at radius 2 is 1.92 bits per heavy atom. The third-order valence-electron chi connectivity index (χ3n) is 4.04. The summed E-state index contributed by atoms with van der Waals surface area (Å²) >= 11 is 0. The van der Waals surface area contributed by atoms with Gasteiger partial charge in [0.2, 0.25) is 5.91 Å². The highest BCUT2D eigenvalue weighted by Gasteiger charge is 2.35. The minimum atomic E-state index is -1.12. The number of fused-ring (bicyclic) bond motifs is 1. The molecule has 132 valence electrons. The molecule has 6 nitrogen and oxygen atoms in total. The lowest BCUT2D eigenvalue weighted by Crippen LogP contribution is -2.31. The number of ether oxygens (including phenoxy) is 1. The van der Waals surface area contributed by atoms with Crippen molar-refractivity contribution in [3.63, 3.8) is 0 Å². The average Bonchev–Trinajstić information content (AvgIpc) is 2.88. The number of hydrogen-bond acceptors (Lipinski definition) is 4. The fraction of sp³-hybridized carbons (Fsp3) is 0.150. The molecule has 26 heavy (non-hydrogen) atoms. The molecule has 2 amide bonds.